The standard InChI is InChI=1S/C66H62BN3OS/c1-63(2,3)39-17-24-43(25-18-39)68(44-26-19-40(20-27-44)64(4,5)6)46-30-31-47-49-32-33-50-51-38-57-52(48-15-13-14-16-56(48)71-57)37-54(51)69-60(50)59(49)67(62-61(69)53-35-42(66(10,11)12)23-34-58(53)72-62)70(55(47)36-46)45-28-21-41(22-29-45)65(7,8)9/h13-38H,1-12H3. The van der Waals surface area contributed by atoms with Crippen LogP contribution in [-0.4, -0.2) is 11.4 Å². The van der Waals surface area contributed by atoms with Crippen molar-refractivity contribution >= 4 is 111 Å². The van der Waals surface area contributed by atoms with Crippen LogP contribution in [0.1, 0.15) is 105 Å². The molecule has 0 spiro atoms. The normalized spacial score (nSPS) is 13.8. The highest BCUT2D eigenvalue weighted by Crippen LogP contribution is 2.50. The van der Waals surface area contributed by atoms with Crippen LogP contribution >= 0.6 is 11.3 Å². The second kappa shape index (κ2) is 15.3. The molecule has 0 saturated heterocycles. The van der Waals surface area contributed by atoms with Gasteiger partial charge in [-0.05, 0) is 134 Å². The van der Waals surface area contributed by atoms with Crippen molar-refractivity contribution in [1.29, 1.82) is 0 Å². The molecule has 11 aromatic rings. The van der Waals surface area contributed by atoms with Gasteiger partial charge >= 0.3 is 6.85 Å². The molecule has 4 nitrogen and oxygen atoms in total. The first kappa shape index (κ1) is 44.9. The second-order valence-corrected chi connectivity index (χ2v) is 25.8. The first-order valence-corrected chi connectivity index (χ1v) is 26.6. The Morgan fingerprint density at radius 2 is 1.03 bits per heavy atom. The van der Waals surface area contributed by atoms with Gasteiger partial charge in [-0.15, -0.1) is 11.3 Å². The Morgan fingerprint density at radius 1 is 0.458 bits per heavy atom. The number of nitrogens with zero attached hydrogens (tertiary/aromatic N) is 3. The van der Waals surface area contributed by atoms with Gasteiger partial charge in [-0.2, -0.15) is 0 Å². The highest BCUT2D eigenvalue weighted by molar-refractivity contribution is 7.32. The third-order valence-corrected chi connectivity index (χ3v) is 17.0. The third kappa shape index (κ3) is 6.78. The molecule has 0 fully saturated rings. The van der Waals surface area contributed by atoms with Gasteiger partial charge in [-0.1, -0.05) is 162 Å². The van der Waals surface area contributed by atoms with E-state index in [1.54, 1.807) is 0 Å². The van der Waals surface area contributed by atoms with Crippen LogP contribution in [0, 0.1) is 0 Å². The predicted octanol–water partition coefficient (Wildman–Crippen LogP) is 17.8. The number of para-hydroxylation sites is 1. The summed E-state index contributed by atoms with van der Waals surface area (Å²) in [6.07, 6.45) is 0. The van der Waals surface area contributed by atoms with E-state index in [4.69, 9.17) is 4.42 Å². The predicted molar refractivity (Wildman–Crippen MR) is 312 cm³/mol. The fourth-order valence-corrected chi connectivity index (χ4v) is 13.0. The monoisotopic (exact) mass is 955 g/mol. The summed E-state index contributed by atoms with van der Waals surface area (Å²) >= 11 is 1.96. The number of hydrogen-bond acceptors (Lipinski definition) is 4. The zero-order valence-electron chi connectivity index (χ0n) is 43.7. The number of thiophene rings is 1. The topological polar surface area (TPSA) is 24.6 Å². The zero-order valence-corrected chi connectivity index (χ0v) is 44.6. The second-order valence-electron chi connectivity index (χ2n) is 24.7. The summed E-state index contributed by atoms with van der Waals surface area (Å²) < 4.78 is 11.9. The van der Waals surface area contributed by atoms with Crippen molar-refractivity contribution in [2.45, 2.75) is 105 Å². The van der Waals surface area contributed by atoms with Crippen molar-refractivity contribution in [3.05, 3.63) is 180 Å². The van der Waals surface area contributed by atoms with Gasteiger partial charge in [0.05, 0.1) is 16.7 Å². The molecule has 0 unspecified atom stereocenters. The number of benzene rings is 8. The lowest BCUT2D eigenvalue weighted by atomic mass is 9.47. The van der Waals surface area contributed by atoms with Crippen LogP contribution in [0.15, 0.2) is 162 Å². The fourth-order valence-electron chi connectivity index (χ4n) is 11.8. The lowest BCUT2D eigenvalue weighted by Crippen LogP contribution is -2.59. The summed E-state index contributed by atoms with van der Waals surface area (Å²) in [5.74, 6) is 0. The van der Waals surface area contributed by atoms with Crippen LogP contribution in [-0.2, 0) is 21.7 Å². The molecule has 0 bridgehead atoms. The Kier molecular flexibility index (Phi) is 9.51. The molecule has 0 atom stereocenters. The van der Waals surface area contributed by atoms with Crippen molar-refractivity contribution < 1.29 is 4.42 Å². The van der Waals surface area contributed by atoms with E-state index in [-0.39, 0.29) is 28.5 Å². The molecule has 3 aromatic heterocycles. The largest absolute Gasteiger partial charge is 0.456 e. The van der Waals surface area contributed by atoms with Crippen molar-refractivity contribution in [1.82, 2.24) is 4.57 Å². The lowest BCUT2D eigenvalue weighted by molar-refractivity contribution is 0.590. The molecule has 0 saturated carbocycles. The molecule has 356 valence electrons. The zero-order chi connectivity index (χ0) is 50.0. The van der Waals surface area contributed by atoms with Crippen LogP contribution < -0.4 is 20.0 Å². The number of fused-ring (bicyclic) bond motifs is 13. The molecule has 0 radical (unpaired) electrons. The Labute approximate surface area is 428 Å². The average molecular weight is 956 g/mol. The third-order valence-electron chi connectivity index (χ3n) is 15.8. The smallest absolute Gasteiger partial charge is 0.343 e. The molecule has 0 amide bonds. The summed E-state index contributed by atoms with van der Waals surface area (Å²) in [7, 11) is 0. The highest BCUT2D eigenvalue weighted by atomic mass is 32.1. The molecule has 0 N–H and O–H groups in total. The van der Waals surface area contributed by atoms with Crippen molar-refractivity contribution in [2.75, 3.05) is 9.71 Å². The van der Waals surface area contributed by atoms with Crippen LogP contribution in [0.25, 0.3) is 70.6 Å². The SMILES string of the molecule is CC(C)(C)c1ccc(N2B3c4sc5ccc(C(C)(C)C)cc5c4-n4c5cc6c(cc5c5ccc(c3c54)-c3ccc(N(c4ccc(C(C)(C)C)cc4)c4ccc(C(C)(C)C)cc4)cc32)oc2ccccc26)cc1. The number of rotatable bonds is 4. The Balaban J connectivity index is 1.13. The van der Waals surface area contributed by atoms with E-state index in [1.165, 1.54) is 92.6 Å². The van der Waals surface area contributed by atoms with Crippen molar-refractivity contribution in [2.24, 2.45) is 0 Å². The van der Waals surface area contributed by atoms with Crippen LogP contribution in [0.2, 0.25) is 0 Å². The summed E-state index contributed by atoms with van der Waals surface area (Å²) in [4.78, 5) is 5.14. The van der Waals surface area contributed by atoms with Gasteiger partial charge in [0.25, 0.3) is 0 Å². The average Bonchev–Trinajstić information content (AvgIpc) is 4.01. The van der Waals surface area contributed by atoms with Gasteiger partial charge in [0.1, 0.15) is 11.2 Å². The first-order chi connectivity index (χ1) is 34.2. The lowest BCUT2D eigenvalue weighted by Gasteiger charge is -2.41. The number of hydrogen-bond donors (Lipinski definition) is 0. The number of anilines is 5. The summed E-state index contributed by atoms with van der Waals surface area (Å²) in [5, 5.41) is 6.06. The highest BCUT2D eigenvalue weighted by Gasteiger charge is 2.46. The molecular weight excluding hydrogens is 894 g/mol. The maximum atomic E-state index is 6.62. The fraction of sp³-hybridized carbons (Fsp3) is 0.242. The van der Waals surface area contributed by atoms with Crippen LogP contribution in [0.4, 0.5) is 28.4 Å². The van der Waals surface area contributed by atoms with E-state index >= 15 is 0 Å². The maximum Gasteiger partial charge on any atom is 0.343 e. The molecule has 13 rings (SSSR count). The number of aromatic nitrogens is 1. The molecule has 8 aromatic carbocycles. The van der Waals surface area contributed by atoms with Crippen LogP contribution in [0.5, 0.6) is 0 Å². The van der Waals surface area contributed by atoms with Gasteiger partial charge in [-0.25, -0.2) is 0 Å². The minimum atomic E-state index is -0.108. The Morgan fingerprint density at radius 3 is 1.65 bits per heavy atom. The summed E-state index contributed by atoms with van der Waals surface area (Å²) in [6, 6.07) is 60.4. The van der Waals surface area contributed by atoms with E-state index in [1.807, 2.05) is 11.3 Å². The quantitative estimate of drug-likeness (QED) is 0.164. The first-order valence-electron chi connectivity index (χ1n) is 25.8. The Hall–Kier alpha value is -7.02. The van der Waals surface area contributed by atoms with E-state index < -0.39 is 0 Å². The molecule has 2 aliphatic heterocycles. The minimum absolute atomic E-state index is 0.00947. The molecule has 5 heterocycles. The van der Waals surface area contributed by atoms with Crippen molar-refractivity contribution in [3.63, 3.8) is 0 Å². The van der Waals surface area contributed by atoms with E-state index in [0.29, 0.717) is 0 Å². The van der Waals surface area contributed by atoms with Gasteiger partial charge in [-0.3, -0.25) is 0 Å². The number of furan rings is 1. The Bertz CT molecular complexity index is 3950. The summed E-state index contributed by atoms with van der Waals surface area (Å²) in [6.45, 7) is 27.6. The van der Waals surface area contributed by atoms with Gasteiger partial charge in [0.15, 0.2) is 0 Å². The molecular formula is C66H62BN3OS. The van der Waals surface area contributed by atoms with Gasteiger partial charge in [0, 0.05) is 70.4 Å². The van der Waals surface area contributed by atoms with E-state index in [2.05, 4.69) is 255 Å². The van der Waals surface area contributed by atoms with Gasteiger partial charge in [0.2, 0.25) is 0 Å². The molecule has 2 aliphatic rings. The molecule has 72 heavy (non-hydrogen) atoms. The maximum absolute atomic E-state index is 6.62. The van der Waals surface area contributed by atoms with Crippen LogP contribution in [0.3, 0.4) is 0 Å². The van der Waals surface area contributed by atoms with E-state index in [9.17, 15) is 0 Å². The summed E-state index contributed by atoms with van der Waals surface area (Å²) in [5.41, 5.74) is 20.6. The van der Waals surface area contributed by atoms with E-state index in [0.717, 1.165) is 39.0 Å². The van der Waals surface area contributed by atoms with Crippen molar-refractivity contribution in [3.8, 4) is 16.8 Å². The minimum Gasteiger partial charge on any atom is -0.456 e. The molecule has 0 aliphatic carbocycles. The molecule has 6 heteroatoms. The van der Waals surface area contributed by atoms with Gasteiger partial charge < -0.3 is 18.7 Å².